The lowest BCUT2D eigenvalue weighted by molar-refractivity contribution is 0.318. The third-order valence-corrected chi connectivity index (χ3v) is 7.08. The van der Waals surface area contributed by atoms with Gasteiger partial charge < -0.3 is 9.64 Å². The third kappa shape index (κ3) is 3.76. The fourth-order valence-corrected chi connectivity index (χ4v) is 5.40. The highest BCUT2D eigenvalue weighted by molar-refractivity contribution is 5.72. The molecular formula is C28H31N3O. The van der Waals surface area contributed by atoms with Gasteiger partial charge in [0, 0.05) is 23.3 Å². The molecule has 3 heterocycles. The molecule has 4 heteroatoms. The number of rotatable bonds is 2. The standard InChI is InChI=1S/C28H31N3O/c1-18-15-28(5,6)31-10-9-27(3,4)25-13-20(12-24(18)26(25)31)7-8-23-14-21(11-19(2)32-23)22(16-29)17-30/h7-8,11-14,18H,9-10,15H2,1-6H3/b8-7+. The van der Waals surface area contributed by atoms with Gasteiger partial charge in [-0.2, -0.15) is 10.5 Å². The summed E-state index contributed by atoms with van der Waals surface area (Å²) in [7, 11) is 0. The first-order valence-electron chi connectivity index (χ1n) is 11.3. The predicted octanol–water partition coefficient (Wildman–Crippen LogP) is 6.63. The molecule has 0 aliphatic carbocycles. The van der Waals surface area contributed by atoms with Crippen molar-refractivity contribution in [2.75, 3.05) is 11.4 Å². The van der Waals surface area contributed by atoms with Gasteiger partial charge in [-0.1, -0.05) is 26.8 Å². The molecule has 0 saturated heterocycles. The normalized spacial score (nSPS) is 22.8. The summed E-state index contributed by atoms with van der Waals surface area (Å²) < 4.78 is 5.84. The highest BCUT2D eigenvalue weighted by Gasteiger charge is 2.43. The summed E-state index contributed by atoms with van der Waals surface area (Å²) in [6, 6.07) is 8.57. The monoisotopic (exact) mass is 425 g/mol. The van der Waals surface area contributed by atoms with Gasteiger partial charge >= 0.3 is 0 Å². The molecule has 0 fully saturated rings. The average Bonchev–Trinajstić information content (AvgIpc) is 2.71. The van der Waals surface area contributed by atoms with Crippen molar-refractivity contribution in [3.63, 3.8) is 0 Å². The molecule has 32 heavy (non-hydrogen) atoms. The average molecular weight is 426 g/mol. The largest absolute Gasteiger partial charge is 0.462 e. The van der Waals surface area contributed by atoms with Crippen molar-refractivity contribution in [1.29, 1.82) is 10.5 Å². The highest BCUT2D eigenvalue weighted by Crippen LogP contribution is 2.52. The van der Waals surface area contributed by atoms with Crippen LogP contribution in [0.25, 0.3) is 6.08 Å². The summed E-state index contributed by atoms with van der Waals surface area (Å²) in [5.41, 5.74) is 6.42. The molecule has 0 spiro atoms. The number of anilines is 1. The summed E-state index contributed by atoms with van der Waals surface area (Å²) in [5.74, 6) is 1.79. The van der Waals surface area contributed by atoms with E-state index in [0.717, 1.165) is 24.9 Å². The van der Waals surface area contributed by atoms with Crippen molar-refractivity contribution >= 4 is 11.8 Å². The lowest BCUT2D eigenvalue weighted by atomic mass is 9.69. The number of nitriles is 2. The van der Waals surface area contributed by atoms with Gasteiger partial charge in [-0.3, -0.25) is 0 Å². The number of ether oxygens (including phenoxy) is 1. The summed E-state index contributed by atoms with van der Waals surface area (Å²) in [5, 5.41) is 18.4. The smallest absolute Gasteiger partial charge is 0.137 e. The topological polar surface area (TPSA) is 60.0 Å². The lowest BCUT2D eigenvalue weighted by Gasteiger charge is -2.53. The Morgan fingerprint density at radius 1 is 1.12 bits per heavy atom. The van der Waals surface area contributed by atoms with E-state index < -0.39 is 0 Å². The van der Waals surface area contributed by atoms with Crippen LogP contribution in [0.5, 0.6) is 0 Å². The van der Waals surface area contributed by atoms with E-state index >= 15 is 0 Å². The second kappa shape index (κ2) is 7.72. The number of allylic oxidation sites excluding steroid dienone is 6. The Hall–Kier alpha value is -3.24. The molecule has 0 N–H and O–H groups in total. The van der Waals surface area contributed by atoms with Crippen LogP contribution < -0.4 is 4.90 Å². The van der Waals surface area contributed by atoms with Gasteiger partial charge in [-0.25, -0.2) is 0 Å². The zero-order valence-electron chi connectivity index (χ0n) is 19.9. The van der Waals surface area contributed by atoms with E-state index in [0.29, 0.717) is 23.0 Å². The molecule has 3 aliphatic heterocycles. The Bertz CT molecular complexity index is 1160. The van der Waals surface area contributed by atoms with Crippen molar-refractivity contribution in [2.24, 2.45) is 0 Å². The number of hydrogen-bond acceptors (Lipinski definition) is 4. The number of nitrogens with zero attached hydrogens (tertiary/aromatic N) is 3. The van der Waals surface area contributed by atoms with Gasteiger partial charge in [0.1, 0.15) is 29.2 Å². The Kier molecular flexibility index (Phi) is 5.30. The van der Waals surface area contributed by atoms with Crippen LogP contribution in [-0.2, 0) is 10.2 Å². The predicted molar refractivity (Wildman–Crippen MR) is 129 cm³/mol. The molecule has 164 valence electrons. The van der Waals surface area contributed by atoms with Gasteiger partial charge in [0.05, 0.1) is 0 Å². The Labute approximate surface area is 191 Å². The minimum atomic E-state index is 0.0926. The Morgan fingerprint density at radius 3 is 2.53 bits per heavy atom. The van der Waals surface area contributed by atoms with Gasteiger partial charge in [0.2, 0.25) is 0 Å². The first kappa shape index (κ1) is 22.0. The Morgan fingerprint density at radius 2 is 1.84 bits per heavy atom. The van der Waals surface area contributed by atoms with E-state index in [9.17, 15) is 10.5 Å². The van der Waals surface area contributed by atoms with Crippen LogP contribution in [0.1, 0.15) is 77.0 Å². The molecule has 0 aromatic heterocycles. The third-order valence-electron chi connectivity index (χ3n) is 7.08. The molecule has 0 saturated carbocycles. The quantitative estimate of drug-likeness (QED) is 0.499. The number of benzene rings is 1. The minimum Gasteiger partial charge on any atom is -0.462 e. The molecule has 4 nitrogen and oxygen atoms in total. The first-order chi connectivity index (χ1) is 15.1. The Balaban J connectivity index is 1.77. The van der Waals surface area contributed by atoms with Crippen LogP contribution in [0.3, 0.4) is 0 Å². The summed E-state index contributed by atoms with van der Waals surface area (Å²) in [6.07, 6.45) is 9.78. The summed E-state index contributed by atoms with van der Waals surface area (Å²) in [4.78, 5) is 2.62. The van der Waals surface area contributed by atoms with Crippen molar-refractivity contribution in [3.05, 3.63) is 69.7 Å². The van der Waals surface area contributed by atoms with Gasteiger partial charge in [-0.15, -0.1) is 0 Å². The summed E-state index contributed by atoms with van der Waals surface area (Å²) in [6.45, 7) is 14.7. The molecule has 0 bridgehead atoms. The number of hydrogen-bond donors (Lipinski definition) is 0. The molecule has 0 amide bonds. The van der Waals surface area contributed by atoms with Crippen LogP contribution in [0.15, 0.2) is 53.0 Å². The fraction of sp³-hybridized carbons (Fsp3) is 0.429. The maximum atomic E-state index is 9.21. The van der Waals surface area contributed by atoms with Crippen molar-refractivity contribution in [1.82, 2.24) is 0 Å². The molecule has 4 rings (SSSR count). The molecule has 1 aromatic rings. The van der Waals surface area contributed by atoms with E-state index in [1.54, 1.807) is 12.2 Å². The van der Waals surface area contributed by atoms with E-state index in [1.165, 1.54) is 16.8 Å². The molecule has 0 radical (unpaired) electrons. The maximum absolute atomic E-state index is 9.21. The first-order valence-corrected chi connectivity index (χ1v) is 11.3. The van der Waals surface area contributed by atoms with Gasteiger partial charge in [0.25, 0.3) is 0 Å². The van der Waals surface area contributed by atoms with Crippen LogP contribution in [0.2, 0.25) is 0 Å². The van der Waals surface area contributed by atoms with Crippen LogP contribution in [0.4, 0.5) is 5.69 Å². The van der Waals surface area contributed by atoms with E-state index in [2.05, 4.69) is 57.7 Å². The molecule has 1 atom stereocenters. The molecule has 3 aliphatic rings. The van der Waals surface area contributed by atoms with Crippen molar-refractivity contribution in [3.8, 4) is 12.1 Å². The fourth-order valence-electron chi connectivity index (χ4n) is 5.40. The molecule has 1 unspecified atom stereocenters. The van der Waals surface area contributed by atoms with Gasteiger partial charge in [0.15, 0.2) is 0 Å². The second-order valence-corrected chi connectivity index (χ2v) is 10.5. The van der Waals surface area contributed by atoms with E-state index in [1.807, 2.05) is 25.1 Å². The van der Waals surface area contributed by atoms with Crippen LogP contribution in [-0.4, -0.2) is 12.1 Å². The van der Waals surface area contributed by atoms with Crippen LogP contribution in [0, 0.1) is 22.7 Å². The SMILES string of the molecule is CC1=CC(=C(C#N)C#N)C=C(/C=C/c2cc3c4c(c2)C(C)(C)CCN4C(C)(C)CC3C)O1. The van der Waals surface area contributed by atoms with Crippen LogP contribution >= 0.6 is 0 Å². The lowest BCUT2D eigenvalue weighted by Crippen LogP contribution is -2.53. The highest BCUT2D eigenvalue weighted by atomic mass is 16.5. The second-order valence-electron chi connectivity index (χ2n) is 10.5. The zero-order valence-corrected chi connectivity index (χ0v) is 19.9. The molecule has 1 aromatic carbocycles. The zero-order chi connectivity index (χ0) is 23.3. The van der Waals surface area contributed by atoms with E-state index in [4.69, 9.17) is 4.74 Å². The summed E-state index contributed by atoms with van der Waals surface area (Å²) >= 11 is 0. The van der Waals surface area contributed by atoms with Crippen molar-refractivity contribution < 1.29 is 4.74 Å². The van der Waals surface area contributed by atoms with E-state index in [-0.39, 0.29) is 16.5 Å². The van der Waals surface area contributed by atoms with Crippen molar-refractivity contribution in [2.45, 2.75) is 71.3 Å². The molecular weight excluding hydrogens is 394 g/mol. The van der Waals surface area contributed by atoms with Gasteiger partial charge in [-0.05, 0) is 92.0 Å². The maximum Gasteiger partial charge on any atom is 0.137 e. The minimum absolute atomic E-state index is 0.0926.